The van der Waals surface area contributed by atoms with Gasteiger partial charge in [0.2, 0.25) is 0 Å². The van der Waals surface area contributed by atoms with Crippen LogP contribution in [0.1, 0.15) is 18.9 Å². The average Bonchev–Trinajstić information content (AvgIpc) is 2.22. The quantitative estimate of drug-likeness (QED) is 0.569. The minimum absolute atomic E-state index is 0.675. The SMILES string of the molecule is CC/C(=N/C)SCc1ccc(Cl)cc1Cl. The van der Waals surface area contributed by atoms with E-state index in [9.17, 15) is 0 Å². The lowest BCUT2D eigenvalue weighted by atomic mass is 10.2. The first-order valence-electron chi connectivity index (χ1n) is 4.69. The minimum Gasteiger partial charge on any atom is -0.286 e. The molecule has 0 aliphatic carbocycles. The van der Waals surface area contributed by atoms with Crippen molar-refractivity contribution in [1.82, 2.24) is 0 Å². The number of benzene rings is 1. The smallest absolute Gasteiger partial charge is 0.0672 e. The molecule has 1 aromatic carbocycles. The second kappa shape index (κ2) is 6.41. The van der Waals surface area contributed by atoms with Gasteiger partial charge in [0.15, 0.2) is 0 Å². The van der Waals surface area contributed by atoms with E-state index in [1.165, 1.54) is 0 Å². The van der Waals surface area contributed by atoms with Crippen LogP contribution >= 0.6 is 35.0 Å². The molecule has 0 fully saturated rings. The normalized spacial score (nSPS) is 11.9. The summed E-state index contributed by atoms with van der Waals surface area (Å²) in [5.41, 5.74) is 1.10. The van der Waals surface area contributed by atoms with Gasteiger partial charge in [-0.25, -0.2) is 0 Å². The standard InChI is InChI=1S/C11H13Cl2NS/c1-3-11(14-2)15-7-8-4-5-9(12)6-10(8)13/h4-6H,3,7H2,1-2H3/b14-11-. The highest BCUT2D eigenvalue weighted by Crippen LogP contribution is 2.25. The molecule has 0 N–H and O–H groups in total. The Balaban J connectivity index is 2.65. The second-order valence-corrected chi connectivity index (χ2v) is 4.89. The molecule has 0 saturated heterocycles. The third kappa shape index (κ3) is 4.06. The molecule has 0 aromatic heterocycles. The summed E-state index contributed by atoms with van der Waals surface area (Å²) >= 11 is 13.6. The zero-order valence-electron chi connectivity index (χ0n) is 8.76. The van der Waals surface area contributed by atoms with Gasteiger partial charge in [-0.05, 0) is 24.1 Å². The molecule has 4 heteroatoms. The van der Waals surface area contributed by atoms with E-state index in [0.717, 1.165) is 27.8 Å². The fourth-order valence-electron chi connectivity index (χ4n) is 1.12. The maximum Gasteiger partial charge on any atom is 0.0672 e. The van der Waals surface area contributed by atoms with Gasteiger partial charge in [0.25, 0.3) is 0 Å². The molecule has 0 atom stereocenters. The van der Waals surface area contributed by atoms with Crippen LogP contribution < -0.4 is 0 Å². The van der Waals surface area contributed by atoms with Crippen LogP contribution in [0.3, 0.4) is 0 Å². The molecule has 1 aromatic rings. The summed E-state index contributed by atoms with van der Waals surface area (Å²) in [7, 11) is 1.81. The summed E-state index contributed by atoms with van der Waals surface area (Å²) in [6, 6.07) is 5.59. The van der Waals surface area contributed by atoms with E-state index in [2.05, 4.69) is 11.9 Å². The van der Waals surface area contributed by atoms with Crippen LogP contribution in [0.25, 0.3) is 0 Å². The van der Waals surface area contributed by atoms with Gasteiger partial charge in [-0.1, -0.05) is 36.2 Å². The van der Waals surface area contributed by atoms with Gasteiger partial charge in [0.1, 0.15) is 0 Å². The van der Waals surface area contributed by atoms with E-state index < -0.39 is 0 Å². The predicted molar refractivity (Wildman–Crippen MR) is 71.4 cm³/mol. The van der Waals surface area contributed by atoms with Crippen molar-refractivity contribution in [3.8, 4) is 0 Å². The summed E-state index contributed by atoms with van der Waals surface area (Å²) in [5, 5.41) is 2.54. The Morgan fingerprint density at radius 2 is 2.13 bits per heavy atom. The zero-order valence-corrected chi connectivity index (χ0v) is 11.1. The summed E-state index contributed by atoms with van der Waals surface area (Å²) in [6.45, 7) is 2.10. The van der Waals surface area contributed by atoms with Crippen molar-refractivity contribution in [2.24, 2.45) is 4.99 Å². The average molecular weight is 262 g/mol. The number of hydrogen-bond donors (Lipinski definition) is 0. The van der Waals surface area contributed by atoms with E-state index in [4.69, 9.17) is 23.2 Å². The van der Waals surface area contributed by atoms with E-state index in [1.54, 1.807) is 17.8 Å². The molecule has 0 aliphatic heterocycles. The number of rotatable bonds is 3. The van der Waals surface area contributed by atoms with Crippen LogP contribution in [0.5, 0.6) is 0 Å². The van der Waals surface area contributed by atoms with Crippen molar-refractivity contribution < 1.29 is 0 Å². The van der Waals surface area contributed by atoms with Crippen LogP contribution in [-0.4, -0.2) is 12.1 Å². The first-order valence-corrected chi connectivity index (χ1v) is 6.44. The fourth-order valence-corrected chi connectivity index (χ4v) is 2.59. The van der Waals surface area contributed by atoms with E-state index >= 15 is 0 Å². The molecule has 0 bridgehead atoms. The van der Waals surface area contributed by atoms with Gasteiger partial charge in [0.05, 0.1) is 5.04 Å². The van der Waals surface area contributed by atoms with Gasteiger partial charge < -0.3 is 0 Å². The molecule has 1 nitrogen and oxygen atoms in total. The van der Waals surface area contributed by atoms with Crippen molar-refractivity contribution in [2.45, 2.75) is 19.1 Å². The molecule has 0 saturated carbocycles. The Kier molecular flexibility index (Phi) is 5.51. The van der Waals surface area contributed by atoms with Gasteiger partial charge in [-0.2, -0.15) is 0 Å². The molecule has 0 radical (unpaired) electrons. The lowest BCUT2D eigenvalue weighted by molar-refractivity contribution is 1.28. The maximum absolute atomic E-state index is 6.06. The van der Waals surface area contributed by atoms with Gasteiger partial charge >= 0.3 is 0 Å². The fraction of sp³-hybridized carbons (Fsp3) is 0.364. The predicted octanol–water partition coefficient (Wildman–Crippen LogP) is 4.66. The van der Waals surface area contributed by atoms with Crippen LogP contribution in [0.15, 0.2) is 23.2 Å². The Morgan fingerprint density at radius 3 is 2.67 bits per heavy atom. The highest BCUT2D eigenvalue weighted by Gasteiger charge is 2.03. The van der Waals surface area contributed by atoms with Crippen molar-refractivity contribution in [1.29, 1.82) is 0 Å². The highest BCUT2D eigenvalue weighted by molar-refractivity contribution is 8.13. The minimum atomic E-state index is 0.675. The molecule has 1 rings (SSSR count). The molecular weight excluding hydrogens is 249 g/mol. The van der Waals surface area contributed by atoms with Crippen molar-refractivity contribution in [3.63, 3.8) is 0 Å². The third-order valence-corrected chi connectivity index (χ3v) is 3.81. The van der Waals surface area contributed by atoms with Crippen molar-refractivity contribution in [2.75, 3.05) is 7.05 Å². The van der Waals surface area contributed by atoms with E-state index in [-0.39, 0.29) is 0 Å². The van der Waals surface area contributed by atoms with Crippen molar-refractivity contribution in [3.05, 3.63) is 33.8 Å². The first kappa shape index (κ1) is 12.9. The summed E-state index contributed by atoms with van der Waals surface area (Å²) in [6.07, 6.45) is 0.965. The maximum atomic E-state index is 6.06. The summed E-state index contributed by atoms with van der Waals surface area (Å²) in [5.74, 6) is 0.844. The third-order valence-electron chi connectivity index (χ3n) is 1.96. The first-order chi connectivity index (χ1) is 7.17. The molecule has 0 spiro atoms. The largest absolute Gasteiger partial charge is 0.286 e. The van der Waals surface area contributed by atoms with Gasteiger partial charge in [-0.3, -0.25) is 4.99 Å². The molecule has 0 amide bonds. The Labute approximate surface area is 105 Å². The molecule has 15 heavy (non-hydrogen) atoms. The highest BCUT2D eigenvalue weighted by atomic mass is 35.5. The van der Waals surface area contributed by atoms with Crippen LogP contribution in [0, 0.1) is 0 Å². The molecule has 0 heterocycles. The van der Waals surface area contributed by atoms with E-state index in [0.29, 0.717) is 5.02 Å². The van der Waals surface area contributed by atoms with Gasteiger partial charge in [-0.15, -0.1) is 11.8 Å². The Morgan fingerprint density at radius 1 is 1.40 bits per heavy atom. The Bertz CT molecular complexity index is 364. The number of thioether (sulfide) groups is 1. The second-order valence-electron chi connectivity index (χ2n) is 3.00. The summed E-state index contributed by atoms with van der Waals surface area (Å²) in [4.78, 5) is 4.18. The van der Waals surface area contributed by atoms with Crippen LogP contribution in [0.4, 0.5) is 0 Å². The van der Waals surface area contributed by atoms with Gasteiger partial charge in [0, 0.05) is 22.8 Å². The van der Waals surface area contributed by atoms with Crippen LogP contribution in [-0.2, 0) is 5.75 Å². The summed E-state index contributed by atoms with van der Waals surface area (Å²) < 4.78 is 0. The molecular formula is C11H13Cl2NS. The number of nitrogens with zero attached hydrogens (tertiary/aromatic N) is 1. The molecule has 82 valence electrons. The topological polar surface area (TPSA) is 12.4 Å². The lowest BCUT2D eigenvalue weighted by Crippen LogP contribution is -1.91. The number of hydrogen-bond acceptors (Lipinski definition) is 2. The Hall–Kier alpha value is -0.180. The van der Waals surface area contributed by atoms with E-state index in [1.807, 2.05) is 19.2 Å². The molecule has 0 aliphatic rings. The monoisotopic (exact) mass is 261 g/mol. The molecule has 0 unspecified atom stereocenters. The van der Waals surface area contributed by atoms with Crippen LogP contribution in [0.2, 0.25) is 10.0 Å². The number of aliphatic imine (C=N–C) groups is 1. The zero-order chi connectivity index (χ0) is 11.3. The number of halogens is 2. The van der Waals surface area contributed by atoms with Crippen molar-refractivity contribution >= 4 is 40.0 Å². The lowest BCUT2D eigenvalue weighted by Gasteiger charge is -2.05.